The van der Waals surface area contributed by atoms with Crippen molar-refractivity contribution in [3.05, 3.63) is 0 Å². The maximum absolute atomic E-state index is 13.3. The van der Waals surface area contributed by atoms with E-state index in [9.17, 15) is 9.59 Å². The van der Waals surface area contributed by atoms with Crippen molar-refractivity contribution in [2.75, 3.05) is 45.8 Å². The molecule has 3 aliphatic rings. The third kappa shape index (κ3) is 4.34. The van der Waals surface area contributed by atoms with Crippen molar-refractivity contribution < 1.29 is 9.59 Å². The molecular weight excluding hydrogens is 316 g/mol. The third-order valence-corrected chi connectivity index (χ3v) is 5.94. The van der Waals surface area contributed by atoms with E-state index in [0.29, 0.717) is 19.0 Å². The van der Waals surface area contributed by atoms with Crippen LogP contribution in [-0.2, 0) is 9.59 Å². The molecule has 0 spiro atoms. The lowest BCUT2D eigenvalue weighted by Gasteiger charge is -2.44. The standard InChI is InChI=1S/C19H34N4O2/c1-15(2)18(21-9-4-3-5-10-21)19(25)22-11-6-7-16(14-22)23-12-8-20-13-17(23)24/h15-16,18,20H,3-14H2,1-2H3. The highest BCUT2D eigenvalue weighted by Gasteiger charge is 2.37. The quantitative estimate of drug-likeness (QED) is 0.819. The molecule has 3 heterocycles. The minimum atomic E-state index is -0.00206. The number of hydrogen-bond acceptors (Lipinski definition) is 4. The first kappa shape index (κ1) is 18.6. The van der Waals surface area contributed by atoms with E-state index in [0.717, 1.165) is 45.6 Å². The zero-order chi connectivity index (χ0) is 17.8. The lowest BCUT2D eigenvalue weighted by atomic mass is 9.96. The Labute approximate surface area is 151 Å². The molecular formula is C19H34N4O2. The van der Waals surface area contributed by atoms with Gasteiger partial charge in [0.1, 0.15) is 0 Å². The SMILES string of the molecule is CC(C)C(C(=O)N1CCCC(N2CCNCC2=O)C1)N1CCCCC1. The Balaban J connectivity index is 1.66. The van der Waals surface area contributed by atoms with Gasteiger partial charge in [-0.15, -0.1) is 0 Å². The second kappa shape index (κ2) is 8.49. The molecule has 0 bridgehead atoms. The van der Waals surface area contributed by atoms with E-state index in [1.807, 2.05) is 9.80 Å². The maximum atomic E-state index is 13.3. The van der Waals surface area contributed by atoms with Gasteiger partial charge in [-0.1, -0.05) is 20.3 Å². The Bertz CT molecular complexity index is 476. The van der Waals surface area contributed by atoms with Crippen LogP contribution in [0.15, 0.2) is 0 Å². The smallest absolute Gasteiger partial charge is 0.240 e. The zero-order valence-electron chi connectivity index (χ0n) is 15.9. The summed E-state index contributed by atoms with van der Waals surface area (Å²) in [5.74, 6) is 0.790. The minimum Gasteiger partial charge on any atom is -0.339 e. The van der Waals surface area contributed by atoms with Gasteiger partial charge in [-0.2, -0.15) is 0 Å². The molecule has 0 aromatic carbocycles. The molecule has 2 atom stereocenters. The first-order chi connectivity index (χ1) is 12.1. The highest BCUT2D eigenvalue weighted by atomic mass is 16.2. The van der Waals surface area contributed by atoms with Crippen LogP contribution in [0.2, 0.25) is 0 Å². The highest BCUT2D eigenvalue weighted by Crippen LogP contribution is 2.23. The second-order valence-electron chi connectivity index (χ2n) is 8.13. The number of piperidine rings is 2. The number of nitrogens with one attached hydrogen (secondary N) is 1. The number of carbonyl (C=O) groups is 2. The summed E-state index contributed by atoms with van der Waals surface area (Å²) in [7, 11) is 0. The second-order valence-corrected chi connectivity index (χ2v) is 8.13. The molecule has 2 unspecified atom stereocenters. The van der Waals surface area contributed by atoms with Crippen LogP contribution in [-0.4, -0.2) is 84.4 Å². The Hall–Kier alpha value is -1.14. The summed E-state index contributed by atoms with van der Waals surface area (Å²) >= 11 is 0. The van der Waals surface area contributed by atoms with Crippen molar-refractivity contribution >= 4 is 11.8 Å². The number of amides is 2. The number of hydrogen-bond donors (Lipinski definition) is 1. The fraction of sp³-hybridized carbons (Fsp3) is 0.895. The molecule has 0 aliphatic carbocycles. The average molecular weight is 351 g/mol. The van der Waals surface area contributed by atoms with Crippen molar-refractivity contribution in [1.82, 2.24) is 20.0 Å². The van der Waals surface area contributed by atoms with Crippen molar-refractivity contribution in [2.24, 2.45) is 5.92 Å². The topological polar surface area (TPSA) is 55.9 Å². The van der Waals surface area contributed by atoms with Crippen LogP contribution in [0.5, 0.6) is 0 Å². The first-order valence-corrected chi connectivity index (χ1v) is 10.1. The lowest BCUT2D eigenvalue weighted by Crippen LogP contribution is -2.60. The van der Waals surface area contributed by atoms with Gasteiger partial charge in [-0.25, -0.2) is 0 Å². The number of nitrogens with zero attached hydrogens (tertiary/aromatic N) is 3. The van der Waals surface area contributed by atoms with Crippen molar-refractivity contribution in [2.45, 2.75) is 58.0 Å². The van der Waals surface area contributed by atoms with Gasteiger partial charge < -0.3 is 15.1 Å². The summed E-state index contributed by atoms with van der Waals surface area (Å²) < 4.78 is 0. The lowest BCUT2D eigenvalue weighted by molar-refractivity contribution is -0.145. The van der Waals surface area contributed by atoms with Gasteiger partial charge in [0.05, 0.1) is 12.6 Å². The maximum Gasteiger partial charge on any atom is 0.240 e. The van der Waals surface area contributed by atoms with Crippen LogP contribution in [0.1, 0.15) is 46.0 Å². The van der Waals surface area contributed by atoms with Gasteiger partial charge in [0, 0.05) is 32.2 Å². The molecule has 1 N–H and O–H groups in total. The molecule has 6 heteroatoms. The summed E-state index contributed by atoms with van der Waals surface area (Å²) in [5, 5.41) is 3.14. The Morgan fingerprint density at radius 1 is 1.08 bits per heavy atom. The van der Waals surface area contributed by atoms with E-state index in [1.54, 1.807) is 0 Å². The van der Waals surface area contributed by atoms with Gasteiger partial charge in [-0.05, 0) is 44.7 Å². The van der Waals surface area contributed by atoms with E-state index in [4.69, 9.17) is 0 Å². The summed E-state index contributed by atoms with van der Waals surface area (Å²) in [6, 6.07) is 0.194. The molecule has 3 aliphatic heterocycles. The van der Waals surface area contributed by atoms with E-state index >= 15 is 0 Å². The van der Waals surface area contributed by atoms with E-state index in [1.165, 1.54) is 19.3 Å². The molecule has 0 aromatic heterocycles. The van der Waals surface area contributed by atoms with Gasteiger partial charge >= 0.3 is 0 Å². The molecule has 0 aromatic rings. The van der Waals surface area contributed by atoms with Crippen LogP contribution >= 0.6 is 0 Å². The van der Waals surface area contributed by atoms with Crippen LogP contribution in [0, 0.1) is 5.92 Å². The number of likely N-dealkylation sites (tertiary alicyclic amines) is 2. The molecule has 142 valence electrons. The Morgan fingerprint density at radius 3 is 2.52 bits per heavy atom. The van der Waals surface area contributed by atoms with Gasteiger partial charge in [-0.3, -0.25) is 14.5 Å². The normalized spacial score (nSPS) is 27.6. The monoisotopic (exact) mass is 350 g/mol. The van der Waals surface area contributed by atoms with E-state index in [-0.39, 0.29) is 23.9 Å². The number of carbonyl (C=O) groups excluding carboxylic acids is 2. The predicted molar refractivity (Wildman–Crippen MR) is 98.2 cm³/mol. The Kier molecular flexibility index (Phi) is 6.34. The molecule has 25 heavy (non-hydrogen) atoms. The van der Waals surface area contributed by atoms with Crippen LogP contribution < -0.4 is 5.32 Å². The van der Waals surface area contributed by atoms with Crippen LogP contribution in [0.4, 0.5) is 0 Å². The number of rotatable bonds is 4. The highest BCUT2D eigenvalue weighted by molar-refractivity contribution is 5.83. The summed E-state index contributed by atoms with van der Waals surface area (Å²) in [6.45, 7) is 10.0. The van der Waals surface area contributed by atoms with E-state index in [2.05, 4.69) is 24.1 Å². The van der Waals surface area contributed by atoms with Crippen molar-refractivity contribution in [1.29, 1.82) is 0 Å². The van der Waals surface area contributed by atoms with E-state index < -0.39 is 0 Å². The summed E-state index contributed by atoms with van der Waals surface area (Å²) in [5.41, 5.74) is 0. The van der Waals surface area contributed by atoms with Crippen LogP contribution in [0.25, 0.3) is 0 Å². The molecule has 3 fully saturated rings. The summed E-state index contributed by atoms with van der Waals surface area (Å²) in [4.78, 5) is 32.0. The number of piperazine rings is 1. The molecule has 3 rings (SSSR count). The first-order valence-electron chi connectivity index (χ1n) is 10.1. The molecule has 0 radical (unpaired) electrons. The largest absolute Gasteiger partial charge is 0.339 e. The zero-order valence-corrected chi connectivity index (χ0v) is 15.9. The fourth-order valence-corrected chi connectivity index (χ4v) is 4.66. The predicted octanol–water partition coefficient (Wildman–Crippen LogP) is 0.920. The molecule has 6 nitrogen and oxygen atoms in total. The van der Waals surface area contributed by atoms with Crippen molar-refractivity contribution in [3.63, 3.8) is 0 Å². The third-order valence-electron chi connectivity index (χ3n) is 5.94. The van der Waals surface area contributed by atoms with Gasteiger partial charge in [0.15, 0.2) is 0 Å². The molecule has 3 saturated heterocycles. The van der Waals surface area contributed by atoms with Crippen molar-refractivity contribution in [3.8, 4) is 0 Å². The van der Waals surface area contributed by atoms with Crippen LogP contribution in [0.3, 0.4) is 0 Å². The van der Waals surface area contributed by atoms with Gasteiger partial charge in [0.2, 0.25) is 11.8 Å². The molecule has 2 amide bonds. The average Bonchev–Trinajstić information content (AvgIpc) is 2.63. The minimum absolute atomic E-state index is 0.00206. The summed E-state index contributed by atoms with van der Waals surface area (Å²) in [6.07, 6.45) is 5.71. The Morgan fingerprint density at radius 2 is 1.84 bits per heavy atom. The van der Waals surface area contributed by atoms with Gasteiger partial charge in [0.25, 0.3) is 0 Å². The molecule has 0 saturated carbocycles. The fourth-order valence-electron chi connectivity index (χ4n) is 4.66.